The summed E-state index contributed by atoms with van der Waals surface area (Å²) in [5.41, 5.74) is 2.87. The van der Waals surface area contributed by atoms with Crippen LogP contribution in [0.15, 0.2) is 57.5 Å². The smallest absolute Gasteiger partial charge is 0.0213 e. The molecular weight excluding hydrogens is 400 g/mol. The zero-order valence-corrected chi connectivity index (χ0v) is 17.0. The van der Waals surface area contributed by atoms with Crippen molar-refractivity contribution in [3.8, 4) is 0 Å². The lowest BCUT2D eigenvalue weighted by Gasteiger charge is -2.48. The summed E-state index contributed by atoms with van der Waals surface area (Å²) in [4.78, 5) is 0. The van der Waals surface area contributed by atoms with E-state index >= 15 is 0 Å². The standard InChI is InChI=1S/C20H24Br2/c1-5-19(3,15-11-7-9-13-17(15)21)20(4,6-2)16-12-8-10-14-18(16)22/h7-14H,5-6H2,1-4H3. The molecule has 118 valence electrons. The second-order valence-corrected chi connectivity index (χ2v) is 8.04. The summed E-state index contributed by atoms with van der Waals surface area (Å²) in [6.45, 7) is 9.39. The van der Waals surface area contributed by atoms with Crippen LogP contribution in [0.1, 0.15) is 51.7 Å². The molecule has 0 heterocycles. The van der Waals surface area contributed by atoms with Gasteiger partial charge in [-0.25, -0.2) is 0 Å². The normalized spacial score (nSPS) is 16.8. The van der Waals surface area contributed by atoms with Crippen LogP contribution in [0.3, 0.4) is 0 Å². The van der Waals surface area contributed by atoms with E-state index in [0.717, 1.165) is 12.8 Å². The van der Waals surface area contributed by atoms with E-state index in [0.29, 0.717) is 0 Å². The molecule has 0 aliphatic heterocycles. The van der Waals surface area contributed by atoms with Crippen LogP contribution in [0.2, 0.25) is 0 Å². The molecule has 0 radical (unpaired) electrons. The van der Waals surface area contributed by atoms with Crippen molar-refractivity contribution in [1.29, 1.82) is 0 Å². The second-order valence-electron chi connectivity index (χ2n) is 6.33. The predicted molar refractivity (Wildman–Crippen MR) is 104 cm³/mol. The molecule has 0 fully saturated rings. The van der Waals surface area contributed by atoms with Gasteiger partial charge in [0, 0.05) is 19.8 Å². The van der Waals surface area contributed by atoms with Crippen molar-refractivity contribution < 1.29 is 0 Å². The highest BCUT2D eigenvalue weighted by Gasteiger charge is 2.46. The zero-order valence-electron chi connectivity index (χ0n) is 13.8. The Bertz CT molecular complexity index is 592. The van der Waals surface area contributed by atoms with Gasteiger partial charge < -0.3 is 0 Å². The Labute approximate surface area is 151 Å². The van der Waals surface area contributed by atoms with E-state index in [2.05, 4.69) is 108 Å². The second kappa shape index (κ2) is 6.88. The minimum atomic E-state index is 0.0473. The molecule has 0 aliphatic rings. The van der Waals surface area contributed by atoms with E-state index in [-0.39, 0.29) is 10.8 Å². The largest absolute Gasteiger partial charge is 0.0645 e. The first-order chi connectivity index (χ1) is 10.4. The summed E-state index contributed by atoms with van der Waals surface area (Å²) in [6.07, 6.45) is 2.17. The van der Waals surface area contributed by atoms with Crippen LogP contribution in [0.25, 0.3) is 0 Å². The van der Waals surface area contributed by atoms with Crippen molar-refractivity contribution in [3.63, 3.8) is 0 Å². The SMILES string of the molecule is CCC(C)(c1ccccc1Br)C(C)(CC)c1ccccc1Br. The molecule has 2 aromatic rings. The molecular formula is C20H24Br2. The van der Waals surface area contributed by atoms with Crippen LogP contribution in [0.5, 0.6) is 0 Å². The van der Waals surface area contributed by atoms with Crippen molar-refractivity contribution in [2.45, 2.75) is 51.4 Å². The first-order valence-corrected chi connectivity index (χ1v) is 9.49. The van der Waals surface area contributed by atoms with Gasteiger partial charge >= 0.3 is 0 Å². The third-order valence-electron chi connectivity index (χ3n) is 5.57. The molecule has 0 bridgehead atoms. The van der Waals surface area contributed by atoms with Crippen molar-refractivity contribution in [2.75, 3.05) is 0 Å². The summed E-state index contributed by atoms with van der Waals surface area (Å²) in [5.74, 6) is 0. The molecule has 2 rings (SSSR count). The summed E-state index contributed by atoms with van der Waals surface area (Å²) in [5, 5.41) is 0. The highest BCUT2D eigenvalue weighted by Crippen LogP contribution is 2.51. The van der Waals surface area contributed by atoms with Crippen LogP contribution < -0.4 is 0 Å². The maximum absolute atomic E-state index is 3.77. The number of rotatable bonds is 5. The molecule has 2 aromatic carbocycles. The molecule has 0 N–H and O–H groups in total. The fourth-order valence-corrected chi connectivity index (χ4v) is 5.02. The molecule has 0 saturated carbocycles. The highest BCUT2D eigenvalue weighted by atomic mass is 79.9. The molecule has 2 atom stereocenters. The van der Waals surface area contributed by atoms with Gasteiger partial charge in [0.2, 0.25) is 0 Å². The molecule has 0 amide bonds. The van der Waals surface area contributed by atoms with Crippen LogP contribution in [-0.2, 0) is 10.8 Å². The number of hydrogen-bond acceptors (Lipinski definition) is 0. The van der Waals surface area contributed by atoms with Gasteiger partial charge in [0.05, 0.1) is 0 Å². The molecule has 0 saturated heterocycles. The molecule has 2 heteroatoms. The van der Waals surface area contributed by atoms with Gasteiger partial charge in [0.15, 0.2) is 0 Å². The molecule has 2 unspecified atom stereocenters. The zero-order chi connectivity index (χ0) is 16.4. The average Bonchev–Trinajstić information content (AvgIpc) is 2.54. The van der Waals surface area contributed by atoms with E-state index in [9.17, 15) is 0 Å². The molecule has 22 heavy (non-hydrogen) atoms. The van der Waals surface area contributed by atoms with E-state index in [1.807, 2.05) is 0 Å². The number of halogens is 2. The Hall–Kier alpha value is -0.600. The molecule has 0 aliphatic carbocycles. The van der Waals surface area contributed by atoms with Gasteiger partial charge in [-0.2, -0.15) is 0 Å². The Morgan fingerprint density at radius 2 is 1.00 bits per heavy atom. The predicted octanol–water partition coefficient (Wildman–Crippen LogP) is 7.25. The quantitative estimate of drug-likeness (QED) is 0.475. The number of benzene rings is 2. The monoisotopic (exact) mass is 422 g/mol. The lowest BCUT2D eigenvalue weighted by molar-refractivity contribution is 0.233. The van der Waals surface area contributed by atoms with Gasteiger partial charge in [-0.1, -0.05) is 96.0 Å². The van der Waals surface area contributed by atoms with Crippen molar-refractivity contribution in [2.24, 2.45) is 0 Å². The van der Waals surface area contributed by atoms with Crippen molar-refractivity contribution >= 4 is 31.9 Å². The minimum absolute atomic E-state index is 0.0473. The maximum atomic E-state index is 3.77. The summed E-state index contributed by atoms with van der Waals surface area (Å²) >= 11 is 7.55. The fraction of sp³-hybridized carbons (Fsp3) is 0.400. The Morgan fingerprint density at radius 1 is 0.682 bits per heavy atom. The Kier molecular flexibility index (Phi) is 5.55. The molecule has 0 aromatic heterocycles. The highest BCUT2D eigenvalue weighted by molar-refractivity contribution is 9.10. The Morgan fingerprint density at radius 3 is 1.27 bits per heavy atom. The van der Waals surface area contributed by atoms with E-state index in [1.165, 1.54) is 20.1 Å². The van der Waals surface area contributed by atoms with Gasteiger partial charge in [-0.05, 0) is 36.1 Å². The third-order valence-corrected chi connectivity index (χ3v) is 6.95. The van der Waals surface area contributed by atoms with Gasteiger partial charge in [-0.15, -0.1) is 0 Å². The van der Waals surface area contributed by atoms with Crippen LogP contribution in [-0.4, -0.2) is 0 Å². The lowest BCUT2D eigenvalue weighted by Crippen LogP contribution is -2.44. The third kappa shape index (κ3) is 2.80. The number of hydrogen-bond donors (Lipinski definition) is 0. The van der Waals surface area contributed by atoms with E-state index < -0.39 is 0 Å². The van der Waals surface area contributed by atoms with Crippen LogP contribution >= 0.6 is 31.9 Å². The van der Waals surface area contributed by atoms with Crippen molar-refractivity contribution in [1.82, 2.24) is 0 Å². The summed E-state index contributed by atoms with van der Waals surface area (Å²) in [6, 6.07) is 17.3. The van der Waals surface area contributed by atoms with Crippen LogP contribution in [0.4, 0.5) is 0 Å². The molecule has 0 spiro atoms. The lowest BCUT2D eigenvalue weighted by atomic mass is 9.56. The fourth-order valence-electron chi connectivity index (χ4n) is 3.57. The van der Waals surface area contributed by atoms with Crippen LogP contribution in [0, 0.1) is 0 Å². The topological polar surface area (TPSA) is 0 Å². The Balaban J connectivity index is 2.70. The first kappa shape index (κ1) is 17.7. The minimum Gasteiger partial charge on any atom is -0.0645 e. The maximum Gasteiger partial charge on any atom is 0.0213 e. The van der Waals surface area contributed by atoms with E-state index in [1.54, 1.807) is 0 Å². The first-order valence-electron chi connectivity index (χ1n) is 7.90. The van der Waals surface area contributed by atoms with Gasteiger partial charge in [0.1, 0.15) is 0 Å². The van der Waals surface area contributed by atoms with Gasteiger partial charge in [0.25, 0.3) is 0 Å². The summed E-state index contributed by atoms with van der Waals surface area (Å²) in [7, 11) is 0. The molecule has 0 nitrogen and oxygen atoms in total. The van der Waals surface area contributed by atoms with Gasteiger partial charge in [-0.3, -0.25) is 0 Å². The van der Waals surface area contributed by atoms with E-state index in [4.69, 9.17) is 0 Å². The average molecular weight is 424 g/mol. The van der Waals surface area contributed by atoms with Crippen molar-refractivity contribution in [3.05, 3.63) is 68.6 Å². The summed E-state index contributed by atoms with van der Waals surface area (Å²) < 4.78 is 2.40.